The number of nitrogens with zero attached hydrogens (tertiary/aromatic N) is 3. The molecule has 34 heavy (non-hydrogen) atoms. The number of benzene rings is 2. The summed E-state index contributed by atoms with van der Waals surface area (Å²) in [6.07, 6.45) is 1.45. The van der Waals surface area contributed by atoms with Crippen LogP contribution in [0, 0.1) is 0 Å². The van der Waals surface area contributed by atoms with E-state index in [1.165, 1.54) is 6.33 Å². The molecule has 2 N–H and O–H groups in total. The lowest BCUT2D eigenvalue weighted by Gasteiger charge is -2.29. The van der Waals surface area contributed by atoms with Gasteiger partial charge in [0.1, 0.15) is 23.9 Å². The van der Waals surface area contributed by atoms with Crippen molar-refractivity contribution in [3.63, 3.8) is 0 Å². The molecule has 1 aliphatic rings. The second kappa shape index (κ2) is 9.74. The molecule has 10 heteroatoms. The van der Waals surface area contributed by atoms with E-state index < -0.39 is 6.04 Å². The summed E-state index contributed by atoms with van der Waals surface area (Å²) < 4.78 is 23.6. The van der Waals surface area contributed by atoms with Gasteiger partial charge in [-0.1, -0.05) is 6.07 Å². The van der Waals surface area contributed by atoms with Gasteiger partial charge in [0.2, 0.25) is 5.95 Å². The van der Waals surface area contributed by atoms with Crippen LogP contribution < -0.4 is 29.6 Å². The average Bonchev–Trinajstić information content (AvgIpc) is 3.31. The van der Waals surface area contributed by atoms with Gasteiger partial charge in [-0.05, 0) is 43.7 Å². The number of carbonyl (C=O) groups excluding carboxylic acids is 1. The SMILES string of the molecule is CCOc1cc([C@H]2C(C(=O)Nc3cc(OC)ccc3OC)=C(C)Nc3ncnn32)ccc1OC. The highest BCUT2D eigenvalue weighted by molar-refractivity contribution is 6.06. The number of rotatable bonds is 8. The van der Waals surface area contributed by atoms with Gasteiger partial charge in [0, 0.05) is 11.8 Å². The number of fused-ring (bicyclic) bond motifs is 1. The summed E-state index contributed by atoms with van der Waals surface area (Å²) in [6, 6.07) is 10.2. The van der Waals surface area contributed by atoms with Gasteiger partial charge in [-0.25, -0.2) is 4.68 Å². The van der Waals surface area contributed by atoms with Gasteiger partial charge in [-0.15, -0.1) is 0 Å². The summed E-state index contributed by atoms with van der Waals surface area (Å²) in [7, 11) is 4.69. The maximum Gasteiger partial charge on any atom is 0.255 e. The van der Waals surface area contributed by atoms with E-state index in [1.807, 2.05) is 32.0 Å². The number of allylic oxidation sites excluding steroid dienone is 1. The van der Waals surface area contributed by atoms with E-state index in [0.717, 1.165) is 5.56 Å². The zero-order valence-corrected chi connectivity index (χ0v) is 19.7. The molecule has 2 heterocycles. The van der Waals surface area contributed by atoms with E-state index in [0.29, 0.717) is 52.5 Å². The fraction of sp³-hybridized carbons (Fsp3) is 0.292. The van der Waals surface area contributed by atoms with Crippen molar-refractivity contribution in [2.75, 3.05) is 38.6 Å². The number of carbonyl (C=O) groups is 1. The van der Waals surface area contributed by atoms with Crippen molar-refractivity contribution >= 4 is 17.5 Å². The zero-order chi connectivity index (χ0) is 24.2. The Morgan fingerprint density at radius 3 is 2.53 bits per heavy atom. The van der Waals surface area contributed by atoms with Crippen LogP contribution in [0.15, 0.2) is 54.0 Å². The molecule has 10 nitrogen and oxygen atoms in total. The molecule has 2 aromatic carbocycles. The standard InChI is InChI=1S/C24H27N5O5/c1-6-34-20-11-15(7-9-19(20)33-5)22-21(14(2)27-24-25-13-26-29(22)24)23(30)28-17-12-16(31-3)8-10-18(17)32-4/h7-13,22H,6H2,1-5H3,(H,28,30)(H,25,26,27)/t22-/m0/s1. The Balaban J connectivity index is 1.78. The number of anilines is 2. The third-order valence-corrected chi connectivity index (χ3v) is 5.50. The van der Waals surface area contributed by atoms with Gasteiger partial charge < -0.3 is 29.6 Å². The number of nitrogens with one attached hydrogen (secondary N) is 2. The topological polar surface area (TPSA) is 109 Å². The first-order valence-corrected chi connectivity index (χ1v) is 10.7. The number of ether oxygens (including phenoxy) is 4. The summed E-state index contributed by atoms with van der Waals surface area (Å²) in [4.78, 5) is 18.0. The second-order valence-corrected chi connectivity index (χ2v) is 7.46. The second-order valence-electron chi connectivity index (χ2n) is 7.46. The first-order valence-electron chi connectivity index (χ1n) is 10.7. The highest BCUT2D eigenvalue weighted by atomic mass is 16.5. The monoisotopic (exact) mass is 465 g/mol. The lowest BCUT2D eigenvalue weighted by molar-refractivity contribution is -0.113. The summed E-state index contributed by atoms with van der Waals surface area (Å²) in [6.45, 7) is 4.20. The minimum atomic E-state index is -0.555. The van der Waals surface area contributed by atoms with E-state index >= 15 is 0 Å². The Bertz CT molecular complexity index is 1240. The molecule has 178 valence electrons. The molecule has 3 aromatic rings. The third-order valence-electron chi connectivity index (χ3n) is 5.50. The molecule has 1 atom stereocenters. The fourth-order valence-corrected chi connectivity index (χ4v) is 3.93. The number of methoxy groups -OCH3 is 3. The quantitative estimate of drug-likeness (QED) is 0.519. The largest absolute Gasteiger partial charge is 0.497 e. The van der Waals surface area contributed by atoms with Crippen LogP contribution in [0.5, 0.6) is 23.0 Å². The average molecular weight is 466 g/mol. The molecular formula is C24H27N5O5. The van der Waals surface area contributed by atoms with Crippen molar-refractivity contribution in [1.82, 2.24) is 14.8 Å². The van der Waals surface area contributed by atoms with Crippen molar-refractivity contribution in [3.8, 4) is 23.0 Å². The number of hydrogen-bond acceptors (Lipinski definition) is 8. The van der Waals surface area contributed by atoms with Crippen molar-refractivity contribution in [1.29, 1.82) is 0 Å². The molecule has 0 saturated heterocycles. The Kier molecular flexibility index (Phi) is 6.58. The van der Waals surface area contributed by atoms with Gasteiger partial charge in [0.15, 0.2) is 11.5 Å². The highest BCUT2D eigenvalue weighted by Gasteiger charge is 2.34. The van der Waals surface area contributed by atoms with Crippen LogP contribution in [0.3, 0.4) is 0 Å². The molecule has 1 aromatic heterocycles. The minimum absolute atomic E-state index is 0.323. The van der Waals surface area contributed by atoms with Crippen molar-refractivity contribution in [2.24, 2.45) is 0 Å². The van der Waals surface area contributed by atoms with Crippen LogP contribution in [-0.2, 0) is 4.79 Å². The molecule has 0 spiro atoms. The Morgan fingerprint density at radius 1 is 1.06 bits per heavy atom. The number of hydrogen-bond donors (Lipinski definition) is 2. The Labute approximate surface area is 197 Å². The minimum Gasteiger partial charge on any atom is -0.497 e. The van der Waals surface area contributed by atoms with Gasteiger partial charge in [0.25, 0.3) is 5.91 Å². The Morgan fingerprint density at radius 2 is 1.82 bits per heavy atom. The molecule has 0 bridgehead atoms. The van der Waals surface area contributed by atoms with Crippen molar-refractivity contribution in [3.05, 3.63) is 59.6 Å². The van der Waals surface area contributed by atoms with Crippen LogP contribution in [0.1, 0.15) is 25.5 Å². The number of aromatic nitrogens is 3. The van der Waals surface area contributed by atoms with E-state index in [1.54, 1.807) is 44.2 Å². The van der Waals surface area contributed by atoms with Gasteiger partial charge in [0.05, 0.1) is 39.2 Å². The summed E-state index contributed by atoms with van der Waals surface area (Å²) >= 11 is 0. The van der Waals surface area contributed by atoms with Crippen LogP contribution in [0.4, 0.5) is 11.6 Å². The molecule has 0 radical (unpaired) electrons. The molecule has 0 saturated carbocycles. The van der Waals surface area contributed by atoms with E-state index in [-0.39, 0.29) is 5.91 Å². The van der Waals surface area contributed by atoms with Crippen LogP contribution in [0.25, 0.3) is 0 Å². The van der Waals surface area contributed by atoms with Crippen molar-refractivity contribution in [2.45, 2.75) is 19.9 Å². The summed E-state index contributed by atoms with van der Waals surface area (Å²) in [5.74, 6) is 2.50. The Hall–Kier alpha value is -4.21. The third kappa shape index (κ3) is 4.21. The molecule has 0 aliphatic carbocycles. The first-order chi connectivity index (χ1) is 16.5. The van der Waals surface area contributed by atoms with E-state index in [4.69, 9.17) is 18.9 Å². The van der Waals surface area contributed by atoms with Crippen molar-refractivity contribution < 1.29 is 23.7 Å². The molecule has 1 aliphatic heterocycles. The maximum atomic E-state index is 13.7. The van der Waals surface area contributed by atoms with Gasteiger partial charge in [-0.2, -0.15) is 10.1 Å². The molecule has 0 unspecified atom stereocenters. The molecule has 0 fully saturated rings. The normalized spacial score (nSPS) is 14.7. The fourth-order valence-electron chi connectivity index (χ4n) is 3.93. The first kappa shape index (κ1) is 23.0. The summed E-state index contributed by atoms with van der Waals surface area (Å²) in [5.41, 5.74) is 2.40. The molecule has 1 amide bonds. The maximum absolute atomic E-state index is 13.7. The molecule has 4 rings (SSSR count). The van der Waals surface area contributed by atoms with Gasteiger partial charge >= 0.3 is 0 Å². The van der Waals surface area contributed by atoms with Crippen LogP contribution in [0.2, 0.25) is 0 Å². The van der Waals surface area contributed by atoms with E-state index in [2.05, 4.69) is 20.7 Å². The van der Waals surface area contributed by atoms with Crippen LogP contribution in [-0.4, -0.2) is 48.6 Å². The lowest BCUT2D eigenvalue weighted by atomic mass is 9.94. The predicted octanol–water partition coefficient (Wildman–Crippen LogP) is 3.63. The zero-order valence-electron chi connectivity index (χ0n) is 19.7. The highest BCUT2D eigenvalue weighted by Crippen LogP contribution is 2.39. The summed E-state index contributed by atoms with van der Waals surface area (Å²) in [5, 5.41) is 10.5. The lowest BCUT2D eigenvalue weighted by Crippen LogP contribution is -2.31. The van der Waals surface area contributed by atoms with Gasteiger partial charge in [-0.3, -0.25) is 4.79 Å². The number of amides is 1. The van der Waals surface area contributed by atoms with E-state index in [9.17, 15) is 4.79 Å². The predicted molar refractivity (Wildman–Crippen MR) is 127 cm³/mol. The van der Waals surface area contributed by atoms with Crippen LogP contribution >= 0.6 is 0 Å². The smallest absolute Gasteiger partial charge is 0.255 e. The molecular weight excluding hydrogens is 438 g/mol.